The highest BCUT2D eigenvalue weighted by Gasteiger charge is 2.13. The van der Waals surface area contributed by atoms with Crippen molar-refractivity contribution in [1.29, 1.82) is 0 Å². The number of aromatic nitrogens is 1. The predicted octanol–water partition coefficient (Wildman–Crippen LogP) is 4.24. The number of carbonyl (C=O) groups is 1. The summed E-state index contributed by atoms with van der Waals surface area (Å²) in [7, 11) is 1.57. The molecule has 26 heavy (non-hydrogen) atoms. The molecule has 0 aliphatic carbocycles. The van der Waals surface area contributed by atoms with Gasteiger partial charge in [0.1, 0.15) is 6.61 Å². The Bertz CT molecular complexity index is 873. The van der Waals surface area contributed by atoms with Gasteiger partial charge in [-0.2, -0.15) is 4.98 Å². The summed E-state index contributed by atoms with van der Waals surface area (Å²) in [5.41, 5.74) is 1.75. The normalized spacial score (nSPS) is 10.4. The Labute approximate surface area is 151 Å². The summed E-state index contributed by atoms with van der Waals surface area (Å²) in [5.74, 6) is 1.27. The van der Waals surface area contributed by atoms with Crippen molar-refractivity contribution in [2.45, 2.75) is 20.0 Å². The lowest BCUT2D eigenvalue weighted by Gasteiger charge is -2.11. The van der Waals surface area contributed by atoms with Gasteiger partial charge in [0, 0.05) is 12.0 Å². The third-order valence-electron chi connectivity index (χ3n) is 3.64. The van der Waals surface area contributed by atoms with Gasteiger partial charge in [0.25, 0.3) is 5.88 Å². The van der Waals surface area contributed by atoms with Crippen LogP contribution in [0.2, 0.25) is 0 Å². The lowest BCUT2D eigenvalue weighted by Crippen LogP contribution is -2.05. The van der Waals surface area contributed by atoms with E-state index in [-0.39, 0.29) is 18.3 Å². The van der Waals surface area contributed by atoms with Crippen molar-refractivity contribution < 1.29 is 23.4 Å². The Hall–Kier alpha value is -3.28. The van der Waals surface area contributed by atoms with Gasteiger partial charge in [0.05, 0.1) is 7.11 Å². The molecule has 0 unspecified atom stereocenters. The molecule has 6 nitrogen and oxygen atoms in total. The highest BCUT2D eigenvalue weighted by molar-refractivity contribution is 5.71. The molecule has 134 valence electrons. The molecule has 2 aromatic carbocycles. The SMILES string of the molecule is CCC(=O)Oc1coc(-c2ccc(OCc3ccccc3)c(OC)c2)n1. The minimum atomic E-state index is -0.368. The first-order valence-corrected chi connectivity index (χ1v) is 8.21. The predicted molar refractivity (Wildman–Crippen MR) is 95.2 cm³/mol. The zero-order chi connectivity index (χ0) is 18.4. The Balaban J connectivity index is 1.75. The van der Waals surface area contributed by atoms with Crippen LogP contribution < -0.4 is 14.2 Å². The number of nitrogens with zero attached hydrogens (tertiary/aromatic N) is 1. The van der Waals surface area contributed by atoms with Crippen molar-refractivity contribution in [3.8, 4) is 28.8 Å². The number of ether oxygens (including phenoxy) is 3. The maximum atomic E-state index is 11.3. The number of methoxy groups -OCH3 is 1. The molecular weight excluding hydrogens is 334 g/mol. The molecule has 0 saturated carbocycles. The van der Waals surface area contributed by atoms with Crippen molar-refractivity contribution in [2.24, 2.45) is 0 Å². The van der Waals surface area contributed by atoms with Crippen molar-refractivity contribution in [3.63, 3.8) is 0 Å². The average Bonchev–Trinajstić information content (AvgIpc) is 3.15. The van der Waals surface area contributed by atoms with Crippen LogP contribution in [0, 0.1) is 0 Å². The molecule has 0 aliphatic heterocycles. The summed E-state index contributed by atoms with van der Waals surface area (Å²) in [6.45, 7) is 2.15. The molecule has 0 amide bonds. The van der Waals surface area contributed by atoms with E-state index < -0.39 is 0 Å². The van der Waals surface area contributed by atoms with E-state index in [4.69, 9.17) is 18.6 Å². The smallest absolute Gasteiger partial charge is 0.312 e. The molecule has 0 N–H and O–H groups in total. The van der Waals surface area contributed by atoms with Crippen LogP contribution in [0.4, 0.5) is 0 Å². The molecule has 0 atom stereocenters. The maximum absolute atomic E-state index is 11.3. The van der Waals surface area contributed by atoms with Crippen LogP contribution >= 0.6 is 0 Å². The van der Waals surface area contributed by atoms with Crippen LogP contribution in [-0.2, 0) is 11.4 Å². The third-order valence-corrected chi connectivity index (χ3v) is 3.64. The summed E-state index contributed by atoms with van der Waals surface area (Å²) in [5, 5.41) is 0. The van der Waals surface area contributed by atoms with Gasteiger partial charge in [0.2, 0.25) is 5.89 Å². The molecule has 3 aromatic rings. The highest BCUT2D eigenvalue weighted by Crippen LogP contribution is 2.33. The zero-order valence-electron chi connectivity index (χ0n) is 14.6. The average molecular weight is 353 g/mol. The van der Waals surface area contributed by atoms with E-state index in [0.29, 0.717) is 29.6 Å². The molecule has 1 heterocycles. The number of benzene rings is 2. The molecule has 0 bridgehead atoms. The lowest BCUT2D eigenvalue weighted by molar-refractivity contribution is -0.134. The molecule has 0 spiro atoms. The van der Waals surface area contributed by atoms with Gasteiger partial charge in [-0.15, -0.1) is 0 Å². The quantitative estimate of drug-likeness (QED) is 0.592. The zero-order valence-corrected chi connectivity index (χ0v) is 14.6. The van der Waals surface area contributed by atoms with Crippen LogP contribution in [0.1, 0.15) is 18.9 Å². The number of oxazole rings is 1. The van der Waals surface area contributed by atoms with Crippen molar-refractivity contribution >= 4 is 5.97 Å². The minimum Gasteiger partial charge on any atom is -0.493 e. The van der Waals surface area contributed by atoms with Gasteiger partial charge in [0.15, 0.2) is 17.8 Å². The molecule has 0 aliphatic rings. The first-order valence-electron chi connectivity index (χ1n) is 8.21. The van der Waals surface area contributed by atoms with E-state index in [2.05, 4.69) is 4.98 Å². The monoisotopic (exact) mass is 353 g/mol. The third kappa shape index (κ3) is 4.22. The second-order valence-corrected chi connectivity index (χ2v) is 5.46. The first-order chi connectivity index (χ1) is 12.7. The number of hydrogen-bond acceptors (Lipinski definition) is 6. The summed E-state index contributed by atoms with van der Waals surface area (Å²) in [6.07, 6.45) is 1.57. The molecular formula is C20H19NO5. The van der Waals surface area contributed by atoms with Crippen LogP contribution in [0.15, 0.2) is 59.2 Å². The Morgan fingerprint density at radius 1 is 1.12 bits per heavy atom. The number of hydrogen-bond donors (Lipinski definition) is 0. The second kappa shape index (κ2) is 8.20. The highest BCUT2D eigenvalue weighted by atomic mass is 16.6. The van der Waals surface area contributed by atoms with Crippen molar-refractivity contribution in [1.82, 2.24) is 4.98 Å². The molecule has 0 saturated heterocycles. The summed E-state index contributed by atoms with van der Waals surface area (Å²) >= 11 is 0. The molecule has 0 fully saturated rings. The fourth-order valence-electron chi connectivity index (χ4n) is 2.28. The Kier molecular flexibility index (Phi) is 5.53. The Morgan fingerprint density at radius 2 is 1.92 bits per heavy atom. The van der Waals surface area contributed by atoms with E-state index in [1.807, 2.05) is 30.3 Å². The topological polar surface area (TPSA) is 70.8 Å². The van der Waals surface area contributed by atoms with Crippen LogP contribution in [-0.4, -0.2) is 18.1 Å². The molecule has 1 aromatic heterocycles. The fourth-order valence-corrected chi connectivity index (χ4v) is 2.28. The van der Waals surface area contributed by atoms with Gasteiger partial charge < -0.3 is 18.6 Å². The van der Waals surface area contributed by atoms with Crippen molar-refractivity contribution in [2.75, 3.05) is 7.11 Å². The van der Waals surface area contributed by atoms with Gasteiger partial charge in [-0.05, 0) is 23.8 Å². The lowest BCUT2D eigenvalue weighted by atomic mass is 10.2. The Morgan fingerprint density at radius 3 is 2.65 bits per heavy atom. The van der Waals surface area contributed by atoms with E-state index in [1.54, 1.807) is 32.2 Å². The molecule has 0 radical (unpaired) electrons. The number of carbonyl (C=O) groups excluding carboxylic acids is 1. The van der Waals surface area contributed by atoms with Gasteiger partial charge in [-0.3, -0.25) is 4.79 Å². The van der Waals surface area contributed by atoms with E-state index in [0.717, 1.165) is 5.56 Å². The standard InChI is InChI=1S/C20H19NO5/c1-3-19(22)26-18-13-25-20(21-18)15-9-10-16(17(11-15)23-2)24-12-14-7-5-4-6-8-14/h4-11,13H,3,12H2,1-2H3. The van der Waals surface area contributed by atoms with Crippen LogP contribution in [0.25, 0.3) is 11.5 Å². The second-order valence-electron chi connectivity index (χ2n) is 5.46. The van der Waals surface area contributed by atoms with Crippen LogP contribution in [0.5, 0.6) is 17.4 Å². The van der Waals surface area contributed by atoms with E-state index >= 15 is 0 Å². The van der Waals surface area contributed by atoms with E-state index in [1.165, 1.54) is 6.26 Å². The molecule has 6 heteroatoms. The van der Waals surface area contributed by atoms with E-state index in [9.17, 15) is 4.79 Å². The largest absolute Gasteiger partial charge is 0.493 e. The fraction of sp³-hybridized carbons (Fsp3) is 0.200. The number of esters is 1. The van der Waals surface area contributed by atoms with Crippen LogP contribution in [0.3, 0.4) is 0 Å². The van der Waals surface area contributed by atoms with Gasteiger partial charge >= 0.3 is 5.97 Å². The summed E-state index contributed by atoms with van der Waals surface area (Å²) in [6, 6.07) is 15.2. The van der Waals surface area contributed by atoms with Gasteiger partial charge in [-0.1, -0.05) is 37.3 Å². The maximum Gasteiger partial charge on any atom is 0.312 e. The summed E-state index contributed by atoms with van der Waals surface area (Å²) in [4.78, 5) is 15.5. The van der Waals surface area contributed by atoms with Crippen molar-refractivity contribution in [3.05, 3.63) is 60.4 Å². The van der Waals surface area contributed by atoms with Gasteiger partial charge in [-0.25, -0.2) is 0 Å². The summed E-state index contributed by atoms with van der Waals surface area (Å²) < 4.78 is 21.7. The number of rotatable bonds is 7. The first kappa shape index (κ1) is 17.5. The minimum absolute atomic E-state index is 0.134. The molecule has 3 rings (SSSR count).